The van der Waals surface area contributed by atoms with E-state index in [0.29, 0.717) is 6.42 Å². The minimum atomic E-state index is 0.620. The number of nitrogens with zero attached hydrogens (tertiary/aromatic N) is 1. The summed E-state index contributed by atoms with van der Waals surface area (Å²) in [7, 11) is 0. The fourth-order valence-corrected chi connectivity index (χ4v) is 1.86. The van der Waals surface area contributed by atoms with Gasteiger partial charge in [-0.25, -0.2) is 0 Å². The second-order valence-corrected chi connectivity index (χ2v) is 3.94. The van der Waals surface area contributed by atoms with Crippen molar-refractivity contribution in [2.75, 3.05) is 13.1 Å². The van der Waals surface area contributed by atoms with Gasteiger partial charge in [0.1, 0.15) is 6.29 Å². The fraction of sp³-hybridized carbons (Fsp3) is 0.500. The zero-order valence-electron chi connectivity index (χ0n) is 10.3. The van der Waals surface area contributed by atoms with Crippen molar-refractivity contribution in [2.45, 2.75) is 33.2 Å². The molecule has 0 aliphatic carbocycles. The Bertz CT molecular complexity index is 318. The lowest BCUT2D eigenvalue weighted by molar-refractivity contribution is -0.107. The molecule has 0 fully saturated rings. The third-order valence-corrected chi connectivity index (χ3v) is 2.94. The second-order valence-electron chi connectivity index (χ2n) is 3.94. The predicted octanol–water partition coefficient (Wildman–Crippen LogP) is 2.66. The number of carbonyl (C=O) groups excluding carboxylic acids is 1. The van der Waals surface area contributed by atoms with Crippen LogP contribution >= 0.6 is 0 Å². The maximum Gasteiger partial charge on any atom is 0.120 e. The first-order valence-corrected chi connectivity index (χ1v) is 6.04. The quantitative estimate of drug-likeness (QED) is 0.657. The number of hydrogen-bond donors (Lipinski definition) is 0. The lowest BCUT2D eigenvalue weighted by atomic mass is 10.0. The van der Waals surface area contributed by atoms with Crippen LogP contribution in [0, 0.1) is 0 Å². The molecule has 0 aromatic heterocycles. The first-order chi connectivity index (χ1) is 7.81. The third-order valence-electron chi connectivity index (χ3n) is 2.94. The lowest BCUT2D eigenvalue weighted by Gasteiger charge is -2.19. The molecule has 0 saturated heterocycles. The SMILES string of the molecule is CCN(CC)Cc1ccccc1CCC=O. The number of benzene rings is 1. The average molecular weight is 219 g/mol. The van der Waals surface area contributed by atoms with Gasteiger partial charge in [-0.2, -0.15) is 0 Å². The first-order valence-electron chi connectivity index (χ1n) is 6.04. The molecular formula is C14H21NO. The topological polar surface area (TPSA) is 20.3 Å². The Labute approximate surface area is 98.3 Å². The second kappa shape index (κ2) is 7.18. The van der Waals surface area contributed by atoms with Gasteiger partial charge in [0.05, 0.1) is 0 Å². The molecule has 0 heterocycles. The molecule has 0 spiro atoms. The van der Waals surface area contributed by atoms with E-state index in [1.807, 2.05) is 6.07 Å². The molecule has 16 heavy (non-hydrogen) atoms. The van der Waals surface area contributed by atoms with E-state index < -0.39 is 0 Å². The van der Waals surface area contributed by atoms with Crippen LogP contribution < -0.4 is 0 Å². The molecule has 1 aromatic carbocycles. The molecule has 1 rings (SSSR count). The highest BCUT2D eigenvalue weighted by Crippen LogP contribution is 2.13. The van der Waals surface area contributed by atoms with Crippen molar-refractivity contribution in [3.8, 4) is 0 Å². The summed E-state index contributed by atoms with van der Waals surface area (Å²) in [6.07, 6.45) is 2.48. The predicted molar refractivity (Wildman–Crippen MR) is 67.5 cm³/mol. The summed E-state index contributed by atoms with van der Waals surface area (Å²) in [6.45, 7) is 7.48. The van der Waals surface area contributed by atoms with Crippen molar-refractivity contribution in [1.82, 2.24) is 4.90 Å². The molecule has 1 aromatic rings. The van der Waals surface area contributed by atoms with Crippen LogP contribution in [0.2, 0.25) is 0 Å². The van der Waals surface area contributed by atoms with Crippen molar-refractivity contribution in [3.05, 3.63) is 35.4 Å². The summed E-state index contributed by atoms with van der Waals surface area (Å²) in [6, 6.07) is 8.41. The summed E-state index contributed by atoms with van der Waals surface area (Å²) in [4.78, 5) is 12.8. The van der Waals surface area contributed by atoms with E-state index in [0.717, 1.165) is 32.3 Å². The Morgan fingerprint density at radius 1 is 1.12 bits per heavy atom. The van der Waals surface area contributed by atoms with Crippen molar-refractivity contribution in [3.63, 3.8) is 0 Å². The molecule has 0 bridgehead atoms. The summed E-state index contributed by atoms with van der Waals surface area (Å²) in [5.41, 5.74) is 2.66. The summed E-state index contributed by atoms with van der Waals surface area (Å²) < 4.78 is 0. The normalized spacial score (nSPS) is 10.7. The molecule has 0 aliphatic heterocycles. The highest BCUT2D eigenvalue weighted by atomic mass is 16.1. The summed E-state index contributed by atoms with van der Waals surface area (Å²) in [5.74, 6) is 0. The number of rotatable bonds is 7. The number of hydrogen-bond acceptors (Lipinski definition) is 2. The maximum atomic E-state index is 10.4. The minimum absolute atomic E-state index is 0.620. The Morgan fingerprint density at radius 2 is 1.75 bits per heavy atom. The van der Waals surface area contributed by atoms with E-state index in [4.69, 9.17) is 0 Å². The molecule has 2 nitrogen and oxygen atoms in total. The standard InChI is InChI=1S/C14H21NO/c1-3-15(4-2)12-14-9-6-5-8-13(14)10-7-11-16/h5-6,8-9,11H,3-4,7,10,12H2,1-2H3. The van der Waals surface area contributed by atoms with Crippen molar-refractivity contribution < 1.29 is 4.79 Å². The van der Waals surface area contributed by atoms with Gasteiger partial charge in [0, 0.05) is 13.0 Å². The molecule has 0 radical (unpaired) electrons. The van der Waals surface area contributed by atoms with Gasteiger partial charge in [0.2, 0.25) is 0 Å². The monoisotopic (exact) mass is 219 g/mol. The van der Waals surface area contributed by atoms with Crippen molar-refractivity contribution in [1.29, 1.82) is 0 Å². The molecule has 0 N–H and O–H groups in total. The van der Waals surface area contributed by atoms with E-state index in [2.05, 4.69) is 36.9 Å². The minimum Gasteiger partial charge on any atom is -0.303 e. The first kappa shape index (κ1) is 12.9. The van der Waals surface area contributed by atoms with Gasteiger partial charge < -0.3 is 4.79 Å². The molecule has 2 heteroatoms. The number of aryl methyl sites for hydroxylation is 1. The van der Waals surface area contributed by atoms with Gasteiger partial charge >= 0.3 is 0 Å². The van der Waals surface area contributed by atoms with Crippen LogP contribution in [0.25, 0.3) is 0 Å². The summed E-state index contributed by atoms with van der Waals surface area (Å²) >= 11 is 0. The molecule has 0 amide bonds. The Balaban J connectivity index is 2.73. The molecule has 0 atom stereocenters. The third kappa shape index (κ3) is 3.78. The zero-order chi connectivity index (χ0) is 11.8. The van der Waals surface area contributed by atoms with Crippen LogP contribution in [0.5, 0.6) is 0 Å². The Morgan fingerprint density at radius 3 is 2.31 bits per heavy atom. The van der Waals surface area contributed by atoms with Crippen molar-refractivity contribution in [2.24, 2.45) is 0 Å². The summed E-state index contributed by atoms with van der Waals surface area (Å²) in [5, 5.41) is 0. The Hall–Kier alpha value is -1.15. The molecular weight excluding hydrogens is 198 g/mol. The molecule has 0 unspecified atom stereocenters. The van der Waals surface area contributed by atoms with Gasteiger partial charge in [-0.1, -0.05) is 38.1 Å². The van der Waals surface area contributed by atoms with E-state index in [9.17, 15) is 4.79 Å². The zero-order valence-corrected chi connectivity index (χ0v) is 10.3. The van der Waals surface area contributed by atoms with Gasteiger partial charge in [0.15, 0.2) is 0 Å². The van der Waals surface area contributed by atoms with Crippen LogP contribution in [0.3, 0.4) is 0 Å². The number of carbonyl (C=O) groups is 1. The van der Waals surface area contributed by atoms with E-state index in [1.165, 1.54) is 11.1 Å². The highest BCUT2D eigenvalue weighted by Gasteiger charge is 2.05. The van der Waals surface area contributed by atoms with Crippen LogP contribution in [0.1, 0.15) is 31.4 Å². The van der Waals surface area contributed by atoms with Gasteiger partial charge in [-0.05, 0) is 30.6 Å². The smallest absolute Gasteiger partial charge is 0.120 e. The molecule has 0 aliphatic rings. The fourth-order valence-electron chi connectivity index (χ4n) is 1.86. The Kier molecular flexibility index (Phi) is 5.79. The number of aldehydes is 1. The molecule has 0 saturated carbocycles. The van der Waals surface area contributed by atoms with Gasteiger partial charge in [-0.3, -0.25) is 4.90 Å². The lowest BCUT2D eigenvalue weighted by Crippen LogP contribution is -2.22. The van der Waals surface area contributed by atoms with Crippen LogP contribution in [0.4, 0.5) is 0 Å². The van der Waals surface area contributed by atoms with Crippen LogP contribution in [-0.4, -0.2) is 24.3 Å². The van der Waals surface area contributed by atoms with Crippen LogP contribution in [-0.2, 0) is 17.8 Å². The van der Waals surface area contributed by atoms with E-state index in [-0.39, 0.29) is 0 Å². The van der Waals surface area contributed by atoms with E-state index in [1.54, 1.807) is 0 Å². The highest BCUT2D eigenvalue weighted by molar-refractivity contribution is 5.50. The largest absolute Gasteiger partial charge is 0.303 e. The van der Waals surface area contributed by atoms with Crippen molar-refractivity contribution >= 4 is 6.29 Å². The maximum absolute atomic E-state index is 10.4. The van der Waals surface area contributed by atoms with Gasteiger partial charge in [0.25, 0.3) is 0 Å². The molecule has 88 valence electrons. The van der Waals surface area contributed by atoms with Crippen LogP contribution in [0.15, 0.2) is 24.3 Å². The van der Waals surface area contributed by atoms with Gasteiger partial charge in [-0.15, -0.1) is 0 Å². The van der Waals surface area contributed by atoms with E-state index >= 15 is 0 Å². The average Bonchev–Trinajstić information content (AvgIpc) is 2.34.